The molecule has 1 saturated heterocycles. The number of hydrogen-bond acceptors (Lipinski definition) is 6. The second-order valence-electron chi connectivity index (χ2n) is 7.39. The third-order valence-corrected chi connectivity index (χ3v) is 6.70. The summed E-state index contributed by atoms with van der Waals surface area (Å²) >= 11 is 7.24. The molecule has 4 rings (SSSR count). The summed E-state index contributed by atoms with van der Waals surface area (Å²) in [5.74, 6) is 0.506. The van der Waals surface area contributed by atoms with Crippen molar-refractivity contribution in [2.24, 2.45) is 0 Å². The van der Waals surface area contributed by atoms with Gasteiger partial charge in [0.15, 0.2) is 0 Å². The SMILES string of the molecule is CCCn1ncnc1N1CC[C@@](NC(=O)c2ccc(Cl)s2)(c2ccccc2)[C@H](O)C1. The van der Waals surface area contributed by atoms with Crippen LogP contribution >= 0.6 is 22.9 Å². The van der Waals surface area contributed by atoms with Crippen LogP contribution in [0.4, 0.5) is 5.95 Å². The molecule has 1 amide bonds. The van der Waals surface area contributed by atoms with Crippen LogP contribution in [-0.2, 0) is 12.1 Å². The number of anilines is 1. The van der Waals surface area contributed by atoms with Gasteiger partial charge in [-0.15, -0.1) is 11.3 Å². The molecule has 2 atom stereocenters. The van der Waals surface area contributed by atoms with E-state index in [0.29, 0.717) is 28.7 Å². The number of thiophene rings is 1. The Balaban J connectivity index is 1.62. The van der Waals surface area contributed by atoms with E-state index in [4.69, 9.17) is 11.6 Å². The molecule has 0 radical (unpaired) electrons. The lowest BCUT2D eigenvalue weighted by atomic mass is 9.78. The predicted molar refractivity (Wildman–Crippen MR) is 118 cm³/mol. The molecule has 1 aliphatic rings. The summed E-state index contributed by atoms with van der Waals surface area (Å²) < 4.78 is 2.41. The molecule has 3 aromatic rings. The molecule has 2 N–H and O–H groups in total. The number of hydrogen-bond donors (Lipinski definition) is 2. The Kier molecular flexibility index (Phi) is 6.08. The Bertz CT molecular complexity index is 1010. The molecule has 1 aliphatic heterocycles. The van der Waals surface area contributed by atoms with Gasteiger partial charge in [0.1, 0.15) is 6.33 Å². The van der Waals surface area contributed by atoms with Crippen LogP contribution in [0.2, 0.25) is 4.34 Å². The average Bonchev–Trinajstić information content (AvgIpc) is 3.39. The zero-order chi connectivity index (χ0) is 21.1. The molecule has 0 saturated carbocycles. The van der Waals surface area contributed by atoms with Gasteiger partial charge in [0.2, 0.25) is 5.95 Å². The van der Waals surface area contributed by atoms with Crippen molar-refractivity contribution in [3.05, 3.63) is 63.6 Å². The number of amides is 1. The van der Waals surface area contributed by atoms with E-state index in [1.54, 1.807) is 18.5 Å². The smallest absolute Gasteiger partial charge is 0.262 e. The largest absolute Gasteiger partial charge is 0.388 e. The van der Waals surface area contributed by atoms with E-state index in [1.807, 2.05) is 39.9 Å². The first-order valence-corrected chi connectivity index (χ1v) is 11.2. The Hall–Kier alpha value is -2.42. The van der Waals surface area contributed by atoms with Crippen LogP contribution in [-0.4, -0.2) is 45.0 Å². The number of aliphatic hydroxyl groups is 1. The summed E-state index contributed by atoms with van der Waals surface area (Å²) in [6, 6.07) is 13.1. The monoisotopic (exact) mass is 445 g/mol. The quantitative estimate of drug-likeness (QED) is 0.608. The number of halogens is 1. The zero-order valence-corrected chi connectivity index (χ0v) is 18.2. The van der Waals surface area contributed by atoms with Gasteiger partial charge in [-0.3, -0.25) is 4.79 Å². The summed E-state index contributed by atoms with van der Waals surface area (Å²) in [6.07, 6.45) is 2.18. The number of piperidine rings is 1. The molecule has 1 fully saturated rings. The summed E-state index contributed by atoms with van der Waals surface area (Å²) in [7, 11) is 0. The van der Waals surface area contributed by atoms with E-state index in [0.717, 1.165) is 24.5 Å². The van der Waals surface area contributed by atoms with Gasteiger partial charge in [-0.25, -0.2) is 4.68 Å². The lowest BCUT2D eigenvalue weighted by Gasteiger charge is -2.46. The molecule has 3 heterocycles. The maximum Gasteiger partial charge on any atom is 0.262 e. The number of aromatic nitrogens is 3. The lowest BCUT2D eigenvalue weighted by molar-refractivity contribution is 0.0363. The molecular weight excluding hydrogens is 422 g/mol. The fourth-order valence-electron chi connectivity index (χ4n) is 3.98. The highest BCUT2D eigenvalue weighted by molar-refractivity contribution is 7.18. The fraction of sp³-hybridized carbons (Fsp3) is 0.381. The van der Waals surface area contributed by atoms with E-state index >= 15 is 0 Å². The van der Waals surface area contributed by atoms with Crippen molar-refractivity contribution in [1.82, 2.24) is 20.1 Å². The Morgan fingerprint density at radius 3 is 2.80 bits per heavy atom. The number of nitrogens with one attached hydrogen (secondary N) is 1. The van der Waals surface area contributed by atoms with Gasteiger partial charge >= 0.3 is 0 Å². The highest BCUT2D eigenvalue weighted by Gasteiger charge is 2.46. The maximum atomic E-state index is 13.0. The van der Waals surface area contributed by atoms with Gasteiger partial charge in [0.05, 0.1) is 20.9 Å². The van der Waals surface area contributed by atoms with E-state index < -0.39 is 11.6 Å². The van der Waals surface area contributed by atoms with Crippen molar-refractivity contribution < 1.29 is 9.90 Å². The van der Waals surface area contributed by atoms with Gasteiger partial charge in [-0.05, 0) is 30.5 Å². The molecule has 2 aromatic heterocycles. The van der Waals surface area contributed by atoms with E-state index in [-0.39, 0.29) is 5.91 Å². The van der Waals surface area contributed by atoms with Crippen molar-refractivity contribution in [1.29, 1.82) is 0 Å². The van der Waals surface area contributed by atoms with Crippen LogP contribution in [0.5, 0.6) is 0 Å². The molecular formula is C21H24ClN5O2S. The van der Waals surface area contributed by atoms with Gasteiger partial charge < -0.3 is 15.3 Å². The van der Waals surface area contributed by atoms with Crippen molar-refractivity contribution in [3.63, 3.8) is 0 Å². The minimum absolute atomic E-state index is 0.239. The highest BCUT2D eigenvalue weighted by Crippen LogP contribution is 2.35. The zero-order valence-electron chi connectivity index (χ0n) is 16.7. The predicted octanol–water partition coefficient (Wildman–Crippen LogP) is 3.30. The van der Waals surface area contributed by atoms with Crippen LogP contribution in [0.1, 0.15) is 35.0 Å². The third kappa shape index (κ3) is 3.95. The molecule has 0 bridgehead atoms. The van der Waals surface area contributed by atoms with Crippen molar-refractivity contribution in [2.75, 3.05) is 18.0 Å². The van der Waals surface area contributed by atoms with E-state index in [1.165, 1.54) is 11.3 Å². The molecule has 0 aliphatic carbocycles. The van der Waals surface area contributed by atoms with Crippen LogP contribution < -0.4 is 10.2 Å². The van der Waals surface area contributed by atoms with Gasteiger partial charge in [-0.1, -0.05) is 48.9 Å². The normalized spacial score (nSPS) is 21.6. The first kappa shape index (κ1) is 20.8. The summed E-state index contributed by atoms with van der Waals surface area (Å²) in [5.41, 5.74) is -0.0239. The van der Waals surface area contributed by atoms with Crippen LogP contribution in [0.15, 0.2) is 48.8 Å². The van der Waals surface area contributed by atoms with Gasteiger partial charge in [-0.2, -0.15) is 10.1 Å². The van der Waals surface area contributed by atoms with Crippen LogP contribution in [0.25, 0.3) is 0 Å². The van der Waals surface area contributed by atoms with Crippen LogP contribution in [0, 0.1) is 0 Å². The number of β-amino-alcohol motifs (C(OH)–C–C–N with tert-alkyl or cyclic N) is 1. The van der Waals surface area contributed by atoms with Gasteiger partial charge in [0.25, 0.3) is 5.91 Å². The molecule has 9 heteroatoms. The topological polar surface area (TPSA) is 83.3 Å². The average molecular weight is 446 g/mol. The first-order chi connectivity index (χ1) is 14.5. The highest BCUT2D eigenvalue weighted by atomic mass is 35.5. The standard InChI is InChI=1S/C21H24ClN5O2S/c1-2-11-27-20(23-14-24-27)26-12-10-21(17(28)13-26,15-6-4-3-5-7-15)25-19(29)16-8-9-18(22)30-16/h3-9,14,17,28H,2,10-13H2,1H3,(H,25,29)/t17-,21-/m1/s1. The lowest BCUT2D eigenvalue weighted by Crippen LogP contribution is -2.62. The molecule has 158 valence electrons. The number of benzene rings is 1. The summed E-state index contributed by atoms with van der Waals surface area (Å²) in [4.78, 5) is 19.9. The van der Waals surface area contributed by atoms with Crippen molar-refractivity contribution in [2.45, 2.75) is 38.0 Å². The molecule has 7 nitrogen and oxygen atoms in total. The molecule has 30 heavy (non-hydrogen) atoms. The van der Waals surface area contributed by atoms with E-state index in [2.05, 4.69) is 22.3 Å². The summed E-state index contributed by atoms with van der Waals surface area (Å²) in [5, 5.41) is 18.7. The molecule has 0 unspecified atom stereocenters. The van der Waals surface area contributed by atoms with Crippen LogP contribution in [0.3, 0.4) is 0 Å². The summed E-state index contributed by atoms with van der Waals surface area (Å²) in [6.45, 7) is 3.81. The Morgan fingerprint density at radius 1 is 1.33 bits per heavy atom. The number of aliphatic hydroxyl groups excluding tert-OH is 1. The number of carbonyl (C=O) groups excluding carboxylic acids is 1. The third-order valence-electron chi connectivity index (χ3n) is 5.47. The second-order valence-corrected chi connectivity index (χ2v) is 9.11. The molecule has 1 aromatic carbocycles. The minimum Gasteiger partial charge on any atom is -0.388 e. The second kappa shape index (κ2) is 8.75. The fourth-order valence-corrected chi connectivity index (χ4v) is 4.92. The number of aryl methyl sites for hydroxylation is 1. The number of carbonyl (C=O) groups is 1. The van der Waals surface area contributed by atoms with Crippen molar-refractivity contribution >= 4 is 34.8 Å². The van der Waals surface area contributed by atoms with E-state index in [9.17, 15) is 9.90 Å². The number of rotatable bonds is 6. The Morgan fingerprint density at radius 2 is 2.13 bits per heavy atom. The Labute approximate surface area is 184 Å². The maximum absolute atomic E-state index is 13.0. The first-order valence-electron chi connectivity index (χ1n) is 9.97. The number of nitrogens with zero attached hydrogens (tertiary/aromatic N) is 4. The minimum atomic E-state index is -0.902. The molecule has 0 spiro atoms. The van der Waals surface area contributed by atoms with Gasteiger partial charge in [0, 0.05) is 19.6 Å². The van der Waals surface area contributed by atoms with Crippen molar-refractivity contribution in [3.8, 4) is 0 Å².